The van der Waals surface area contributed by atoms with Crippen LogP contribution in [0.4, 0.5) is 0 Å². The summed E-state index contributed by atoms with van der Waals surface area (Å²) in [6.07, 6.45) is 0.961. The molecular weight excluding hydrogens is 274 g/mol. The van der Waals surface area contributed by atoms with Crippen LogP contribution < -0.4 is 4.72 Å². The topological polar surface area (TPSA) is 66.4 Å². The molecule has 2 N–H and O–H groups in total. The minimum absolute atomic E-state index is 0.0203. The molecule has 0 radical (unpaired) electrons. The summed E-state index contributed by atoms with van der Waals surface area (Å²) >= 11 is 5.84. The number of nitrogens with one attached hydrogen (secondary N) is 1. The Hall–Kier alpha value is -0.620. The summed E-state index contributed by atoms with van der Waals surface area (Å²) in [7, 11) is -3.69. The molecule has 1 rings (SSSR count). The highest BCUT2D eigenvalue weighted by atomic mass is 35.5. The van der Waals surface area contributed by atoms with Crippen molar-refractivity contribution in [3.8, 4) is 0 Å². The van der Waals surface area contributed by atoms with E-state index in [1.54, 1.807) is 12.1 Å². The van der Waals surface area contributed by atoms with Crippen molar-refractivity contribution in [2.45, 2.75) is 37.2 Å². The van der Waals surface area contributed by atoms with E-state index in [9.17, 15) is 13.5 Å². The van der Waals surface area contributed by atoms with Gasteiger partial charge in [0.2, 0.25) is 10.0 Å². The van der Waals surface area contributed by atoms with Crippen molar-refractivity contribution in [1.82, 2.24) is 4.72 Å². The smallest absolute Gasteiger partial charge is 0.242 e. The second-order valence-corrected chi connectivity index (χ2v) is 6.33. The van der Waals surface area contributed by atoms with Gasteiger partial charge in [-0.3, -0.25) is 0 Å². The predicted molar refractivity (Wildman–Crippen MR) is 72.2 cm³/mol. The Morgan fingerprint density at radius 2 is 1.83 bits per heavy atom. The molecule has 0 spiro atoms. The first-order valence-electron chi connectivity index (χ1n) is 5.81. The molecule has 0 saturated carbocycles. The zero-order chi connectivity index (χ0) is 13.8. The lowest BCUT2D eigenvalue weighted by atomic mass is 9.98. The Kier molecular flexibility index (Phi) is 5.16. The monoisotopic (exact) mass is 291 g/mol. The van der Waals surface area contributed by atoms with Crippen LogP contribution in [0.5, 0.6) is 0 Å². The maximum atomic E-state index is 12.0. The molecule has 0 fully saturated rings. The largest absolute Gasteiger partial charge is 0.389 e. The van der Waals surface area contributed by atoms with Gasteiger partial charge < -0.3 is 5.11 Å². The van der Waals surface area contributed by atoms with Gasteiger partial charge in [-0.15, -0.1) is 0 Å². The fraction of sp³-hybridized carbons (Fsp3) is 0.500. The van der Waals surface area contributed by atoms with Crippen molar-refractivity contribution in [2.24, 2.45) is 0 Å². The van der Waals surface area contributed by atoms with Gasteiger partial charge >= 0.3 is 0 Å². The molecule has 0 atom stereocenters. The van der Waals surface area contributed by atoms with Crippen LogP contribution in [0.1, 0.15) is 26.7 Å². The first-order chi connectivity index (χ1) is 8.34. The van der Waals surface area contributed by atoms with Crippen molar-refractivity contribution in [3.63, 3.8) is 0 Å². The maximum absolute atomic E-state index is 12.0. The van der Waals surface area contributed by atoms with Crippen molar-refractivity contribution >= 4 is 21.6 Å². The van der Waals surface area contributed by atoms with E-state index in [1.807, 2.05) is 13.8 Å². The molecule has 6 heteroatoms. The Bertz CT molecular complexity index is 498. The van der Waals surface area contributed by atoms with Crippen LogP contribution >= 0.6 is 11.6 Å². The van der Waals surface area contributed by atoms with Gasteiger partial charge in [0.05, 0.1) is 10.6 Å². The molecule has 4 nitrogen and oxygen atoms in total. The lowest BCUT2D eigenvalue weighted by Crippen LogP contribution is -2.42. The fourth-order valence-electron chi connectivity index (χ4n) is 1.47. The van der Waals surface area contributed by atoms with E-state index in [1.165, 1.54) is 12.1 Å². The molecule has 0 saturated heterocycles. The minimum atomic E-state index is -3.69. The van der Waals surface area contributed by atoms with E-state index in [4.69, 9.17) is 11.6 Å². The Balaban J connectivity index is 2.88. The van der Waals surface area contributed by atoms with E-state index in [0.29, 0.717) is 12.8 Å². The molecule has 0 aliphatic heterocycles. The third-order valence-electron chi connectivity index (χ3n) is 3.03. The second-order valence-electron chi connectivity index (χ2n) is 4.19. The number of rotatable bonds is 6. The standard InChI is InChI=1S/C12H18ClNO3S/c1-3-12(15,4-2)9-14-18(16,17)11-8-6-5-7-10(11)13/h5-8,14-15H,3-4,9H2,1-2H3. The van der Waals surface area contributed by atoms with E-state index < -0.39 is 15.6 Å². The van der Waals surface area contributed by atoms with Crippen LogP contribution in [0.15, 0.2) is 29.2 Å². The van der Waals surface area contributed by atoms with Gasteiger partial charge in [-0.25, -0.2) is 13.1 Å². The van der Waals surface area contributed by atoms with E-state index in [-0.39, 0.29) is 16.5 Å². The van der Waals surface area contributed by atoms with E-state index in [2.05, 4.69) is 4.72 Å². The number of aliphatic hydroxyl groups is 1. The second kappa shape index (κ2) is 6.02. The maximum Gasteiger partial charge on any atom is 0.242 e. The van der Waals surface area contributed by atoms with Crippen LogP contribution in [0.3, 0.4) is 0 Å². The highest BCUT2D eigenvalue weighted by Crippen LogP contribution is 2.21. The fourth-order valence-corrected chi connectivity index (χ4v) is 3.11. The number of hydrogen-bond donors (Lipinski definition) is 2. The zero-order valence-electron chi connectivity index (χ0n) is 10.5. The quantitative estimate of drug-likeness (QED) is 0.844. The highest BCUT2D eigenvalue weighted by Gasteiger charge is 2.26. The van der Waals surface area contributed by atoms with Crippen molar-refractivity contribution in [3.05, 3.63) is 29.3 Å². The molecule has 0 unspecified atom stereocenters. The van der Waals surface area contributed by atoms with Crippen LogP contribution in [0.2, 0.25) is 5.02 Å². The van der Waals surface area contributed by atoms with Crippen LogP contribution in [0.25, 0.3) is 0 Å². The number of hydrogen-bond acceptors (Lipinski definition) is 3. The minimum Gasteiger partial charge on any atom is -0.389 e. The van der Waals surface area contributed by atoms with Gasteiger partial charge in [0.25, 0.3) is 0 Å². The molecule has 0 heterocycles. The van der Waals surface area contributed by atoms with Gasteiger partial charge in [-0.1, -0.05) is 37.6 Å². The molecule has 1 aromatic rings. The zero-order valence-corrected chi connectivity index (χ0v) is 12.1. The molecule has 1 aromatic carbocycles. The average Bonchev–Trinajstić information content (AvgIpc) is 2.36. The summed E-state index contributed by atoms with van der Waals surface area (Å²) in [6, 6.07) is 6.21. The third-order valence-corrected chi connectivity index (χ3v) is 4.93. The Labute approximate surface area is 113 Å². The normalized spacial score (nSPS) is 12.7. The molecule has 18 heavy (non-hydrogen) atoms. The molecule has 0 aliphatic carbocycles. The highest BCUT2D eigenvalue weighted by molar-refractivity contribution is 7.89. The molecule has 0 aromatic heterocycles. The van der Waals surface area contributed by atoms with Crippen LogP contribution in [-0.4, -0.2) is 25.7 Å². The summed E-state index contributed by atoms with van der Waals surface area (Å²) in [5.74, 6) is 0. The lowest BCUT2D eigenvalue weighted by molar-refractivity contribution is 0.0377. The van der Waals surface area contributed by atoms with Crippen LogP contribution in [-0.2, 0) is 10.0 Å². The molecule has 0 aliphatic rings. The Morgan fingerprint density at radius 1 is 1.28 bits per heavy atom. The number of sulfonamides is 1. The first-order valence-corrected chi connectivity index (χ1v) is 7.67. The average molecular weight is 292 g/mol. The van der Waals surface area contributed by atoms with E-state index in [0.717, 1.165) is 0 Å². The van der Waals surface area contributed by atoms with Gasteiger partial charge in [-0.05, 0) is 25.0 Å². The third kappa shape index (κ3) is 3.68. The lowest BCUT2D eigenvalue weighted by Gasteiger charge is -2.25. The summed E-state index contributed by atoms with van der Waals surface area (Å²) in [5, 5.41) is 10.2. The van der Waals surface area contributed by atoms with Crippen molar-refractivity contribution < 1.29 is 13.5 Å². The van der Waals surface area contributed by atoms with Crippen molar-refractivity contribution in [2.75, 3.05) is 6.54 Å². The van der Waals surface area contributed by atoms with E-state index >= 15 is 0 Å². The summed E-state index contributed by atoms with van der Waals surface area (Å²) in [5.41, 5.74) is -1.02. The number of halogens is 1. The SMILES string of the molecule is CCC(O)(CC)CNS(=O)(=O)c1ccccc1Cl. The molecule has 0 bridgehead atoms. The summed E-state index contributed by atoms with van der Waals surface area (Å²) in [4.78, 5) is 0.0289. The van der Waals surface area contributed by atoms with Gasteiger partial charge in [0.15, 0.2) is 0 Å². The summed E-state index contributed by atoms with van der Waals surface area (Å²) in [6.45, 7) is 3.61. The van der Waals surface area contributed by atoms with Crippen molar-refractivity contribution in [1.29, 1.82) is 0 Å². The first kappa shape index (κ1) is 15.4. The summed E-state index contributed by atoms with van der Waals surface area (Å²) < 4.78 is 26.4. The van der Waals surface area contributed by atoms with Crippen LogP contribution in [0, 0.1) is 0 Å². The molecular formula is C12H18ClNO3S. The molecule has 0 amide bonds. The van der Waals surface area contributed by atoms with Gasteiger partial charge in [-0.2, -0.15) is 0 Å². The Morgan fingerprint density at radius 3 is 2.33 bits per heavy atom. The number of benzene rings is 1. The molecule has 102 valence electrons. The van der Waals surface area contributed by atoms with Gasteiger partial charge in [0, 0.05) is 6.54 Å². The predicted octanol–water partition coefficient (Wildman–Crippen LogP) is 2.17. The van der Waals surface area contributed by atoms with Gasteiger partial charge in [0.1, 0.15) is 4.90 Å².